The van der Waals surface area contributed by atoms with Crippen molar-refractivity contribution in [2.45, 2.75) is 19.9 Å². The van der Waals surface area contributed by atoms with Gasteiger partial charge in [0.05, 0.1) is 0 Å². The lowest BCUT2D eigenvalue weighted by molar-refractivity contribution is -0.701. The first kappa shape index (κ1) is 10.4. The van der Waals surface area contributed by atoms with E-state index in [0.717, 1.165) is 11.3 Å². The average Bonchev–Trinajstić information content (AvgIpc) is 2.16. The Morgan fingerprint density at radius 3 is 2.93 bits per heavy atom. The summed E-state index contributed by atoms with van der Waals surface area (Å²) in [6.45, 7) is 6.12. The molecule has 1 N–H and O–H groups in total. The largest absolute Gasteiger partial charge is 0.481 e. The first-order chi connectivity index (χ1) is 6.63. The number of hydrogen-bond acceptors (Lipinski definition) is 1. The van der Waals surface area contributed by atoms with E-state index in [9.17, 15) is 4.79 Å². The molecular formula is C11H14NO2+. The Morgan fingerprint density at radius 2 is 2.36 bits per heavy atom. The maximum absolute atomic E-state index is 10.4. The van der Waals surface area contributed by atoms with Gasteiger partial charge >= 0.3 is 5.97 Å². The third kappa shape index (κ3) is 2.69. The van der Waals surface area contributed by atoms with Crippen LogP contribution < -0.4 is 4.57 Å². The van der Waals surface area contributed by atoms with Crippen LogP contribution in [0.2, 0.25) is 0 Å². The van der Waals surface area contributed by atoms with Gasteiger partial charge in [0.15, 0.2) is 18.4 Å². The lowest BCUT2D eigenvalue weighted by Gasteiger charge is -1.99. The molecule has 0 atom stereocenters. The highest BCUT2D eigenvalue weighted by Crippen LogP contribution is 1.99. The normalized spacial score (nSPS) is 9.79. The number of aliphatic carboxylic acids is 1. The number of nitrogens with zero attached hydrogens (tertiary/aromatic N) is 1. The highest BCUT2D eigenvalue weighted by molar-refractivity contribution is 5.66. The van der Waals surface area contributed by atoms with Gasteiger partial charge in [-0.15, -0.1) is 0 Å². The number of carboxylic acids is 1. The first-order valence-corrected chi connectivity index (χ1v) is 4.48. The number of carboxylic acid groups (broad SMARTS) is 1. The van der Waals surface area contributed by atoms with Gasteiger partial charge < -0.3 is 5.11 Å². The van der Waals surface area contributed by atoms with Crippen LogP contribution in [0.4, 0.5) is 0 Å². The van der Waals surface area contributed by atoms with Gasteiger partial charge in [-0.3, -0.25) is 4.79 Å². The summed E-state index contributed by atoms with van der Waals surface area (Å²) >= 11 is 0. The molecule has 1 aromatic rings. The molecule has 0 fully saturated rings. The highest BCUT2D eigenvalue weighted by Gasteiger charge is 2.08. The van der Waals surface area contributed by atoms with Gasteiger partial charge in [-0.2, -0.15) is 0 Å². The molecular weight excluding hydrogens is 178 g/mol. The first-order valence-electron chi connectivity index (χ1n) is 4.48. The fourth-order valence-electron chi connectivity index (χ4n) is 1.22. The van der Waals surface area contributed by atoms with E-state index in [0.29, 0.717) is 6.54 Å². The molecule has 3 heteroatoms. The van der Waals surface area contributed by atoms with Crippen LogP contribution in [0.1, 0.15) is 17.7 Å². The lowest BCUT2D eigenvalue weighted by Crippen LogP contribution is -2.37. The van der Waals surface area contributed by atoms with Crippen molar-refractivity contribution in [1.82, 2.24) is 0 Å². The Bertz CT molecular complexity index is 358. The monoisotopic (exact) mass is 192 g/mol. The maximum atomic E-state index is 10.4. The summed E-state index contributed by atoms with van der Waals surface area (Å²) in [4.78, 5) is 10.4. The Hall–Kier alpha value is -1.64. The van der Waals surface area contributed by atoms with Crippen LogP contribution in [0.5, 0.6) is 0 Å². The van der Waals surface area contributed by atoms with Crippen molar-refractivity contribution in [1.29, 1.82) is 0 Å². The van der Waals surface area contributed by atoms with Crippen LogP contribution in [-0.2, 0) is 11.3 Å². The summed E-state index contributed by atoms with van der Waals surface area (Å²) in [6.07, 6.45) is 3.80. The smallest absolute Gasteiger partial charge is 0.309 e. The van der Waals surface area contributed by atoms with E-state index in [2.05, 4.69) is 6.58 Å². The van der Waals surface area contributed by atoms with E-state index < -0.39 is 5.97 Å². The van der Waals surface area contributed by atoms with Gasteiger partial charge in [0, 0.05) is 18.6 Å². The van der Waals surface area contributed by atoms with E-state index in [4.69, 9.17) is 5.11 Å². The van der Waals surface area contributed by atoms with Crippen LogP contribution in [0.3, 0.4) is 0 Å². The van der Waals surface area contributed by atoms with Gasteiger partial charge in [0.2, 0.25) is 0 Å². The van der Waals surface area contributed by atoms with E-state index in [-0.39, 0.29) is 6.42 Å². The minimum absolute atomic E-state index is 0.145. The van der Waals surface area contributed by atoms with Crippen molar-refractivity contribution in [3.8, 4) is 0 Å². The van der Waals surface area contributed by atoms with E-state index in [1.807, 2.05) is 29.8 Å². The summed E-state index contributed by atoms with van der Waals surface area (Å²) in [5.41, 5.74) is 2.05. The molecule has 0 bridgehead atoms. The molecule has 0 aromatic carbocycles. The molecule has 1 rings (SSSR count). The van der Waals surface area contributed by atoms with Gasteiger partial charge in [-0.1, -0.05) is 12.7 Å². The minimum Gasteiger partial charge on any atom is -0.481 e. The molecule has 0 aliphatic carbocycles. The molecule has 1 aromatic heterocycles. The lowest BCUT2D eigenvalue weighted by atomic mass is 10.2. The summed E-state index contributed by atoms with van der Waals surface area (Å²) in [5.74, 6) is -0.777. The van der Waals surface area contributed by atoms with Gasteiger partial charge in [0.25, 0.3) is 0 Å². The second-order valence-electron chi connectivity index (χ2n) is 3.15. The second kappa shape index (κ2) is 4.56. The topological polar surface area (TPSA) is 41.2 Å². The maximum Gasteiger partial charge on any atom is 0.309 e. The van der Waals surface area contributed by atoms with Crippen LogP contribution in [-0.4, -0.2) is 11.1 Å². The molecule has 0 saturated carbocycles. The van der Waals surface area contributed by atoms with E-state index in [1.54, 1.807) is 6.08 Å². The Kier molecular flexibility index (Phi) is 3.40. The van der Waals surface area contributed by atoms with E-state index >= 15 is 0 Å². The summed E-state index contributed by atoms with van der Waals surface area (Å²) in [6, 6.07) is 3.92. The Balaban J connectivity index is 2.83. The van der Waals surface area contributed by atoms with Gasteiger partial charge in [-0.25, -0.2) is 4.57 Å². The zero-order valence-corrected chi connectivity index (χ0v) is 8.23. The third-order valence-corrected chi connectivity index (χ3v) is 2.08. The second-order valence-corrected chi connectivity index (χ2v) is 3.15. The summed E-state index contributed by atoms with van der Waals surface area (Å²) in [7, 11) is 0. The predicted octanol–water partition coefficient (Wildman–Crippen LogP) is 1.40. The molecule has 0 radical (unpaired) electrons. The van der Waals surface area contributed by atoms with Crippen molar-refractivity contribution >= 4 is 12.0 Å². The number of pyridine rings is 1. The van der Waals surface area contributed by atoms with Crippen molar-refractivity contribution in [3.05, 3.63) is 36.2 Å². The number of rotatable bonds is 4. The molecule has 1 heterocycles. The van der Waals surface area contributed by atoms with Crippen molar-refractivity contribution in [3.63, 3.8) is 0 Å². The van der Waals surface area contributed by atoms with Crippen LogP contribution >= 0.6 is 0 Å². The number of hydrogen-bond donors (Lipinski definition) is 1. The Morgan fingerprint density at radius 1 is 1.64 bits per heavy atom. The molecule has 74 valence electrons. The molecule has 0 amide bonds. The zero-order chi connectivity index (χ0) is 10.6. The van der Waals surface area contributed by atoms with E-state index in [1.165, 1.54) is 0 Å². The molecule has 0 aliphatic heterocycles. The molecule has 0 spiro atoms. The van der Waals surface area contributed by atoms with Crippen LogP contribution in [0, 0.1) is 6.92 Å². The number of aromatic nitrogens is 1. The summed E-state index contributed by atoms with van der Waals surface area (Å²) in [5, 5.41) is 8.56. The van der Waals surface area contributed by atoms with Gasteiger partial charge in [0.1, 0.15) is 6.42 Å². The standard InChI is InChI=1S/C11H13NO2/c1-3-10-5-4-9(2)12(8-10)7-6-11(13)14/h3-5,8H,1,6-7H2,2H3/p+1. The molecule has 14 heavy (non-hydrogen) atoms. The molecule has 3 nitrogen and oxygen atoms in total. The minimum atomic E-state index is -0.777. The van der Waals surface area contributed by atoms with Crippen LogP contribution in [0.15, 0.2) is 24.9 Å². The highest BCUT2D eigenvalue weighted by atomic mass is 16.4. The predicted molar refractivity (Wildman–Crippen MR) is 53.7 cm³/mol. The van der Waals surface area contributed by atoms with Crippen LogP contribution in [0.25, 0.3) is 6.08 Å². The molecule has 0 saturated heterocycles. The van der Waals surface area contributed by atoms with Crippen molar-refractivity contribution in [2.24, 2.45) is 0 Å². The Labute approximate surface area is 83.3 Å². The van der Waals surface area contributed by atoms with Crippen molar-refractivity contribution < 1.29 is 14.5 Å². The quantitative estimate of drug-likeness (QED) is 0.732. The fraction of sp³-hybridized carbons (Fsp3) is 0.273. The fourth-order valence-corrected chi connectivity index (χ4v) is 1.22. The average molecular weight is 192 g/mol. The molecule has 0 aliphatic rings. The number of aryl methyl sites for hydroxylation is 2. The number of carbonyl (C=O) groups is 1. The third-order valence-electron chi connectivity index (χ3n) is 2.08. The zero-order valence-electron chi connectivity index (χ0n) is 8.23. The molecule has 0 unspecified atom stereocenters. The van der Waals surface area contributed by atoms with Crippen molar-refractivity contribution in [2.75, 3.05) is 0 Å². The summed E-state index contributed by atoms with van der Waals surface area (Å²) < 4.78 is 1.92. The SMILES string of the molecule is C=Cc1ccc(C)[n+](CCC(=O)O)c1. The van der Waals surface area contributed by atoms with Gasteiger partial charge in [-0.05, 0) is 6.07 Å².